The van der Waals surface area contributed by atoms with Crippen LogP contribution in [0.4, 0.5) is 11.6 Å². The molecule has 2 heterocycles. The van der Waals surface area contributed by atoms with Crippen molar-refractivity contribution in [1.29, 1.82) is 0 Å². The normalized spacial score (nSPS) is 10.5. The minimum absolute atomic E-state index is 0. The molecule has 2 aromatic heterocycles. The van der Waals surface area contributed by atoms with E-state index in [1.807, 2.05) is 126 Å². The van der Waals surface area contributed by atoms with E-state index in [1.54, 1.807) is 12.1 Å². The molecule has 0 aliphatic heterocycles. The summed E-state index contributed by atoms with van der Waals surface area (Å²) in [7, 11) is 0. The quantitative estimate of drug-likeness (QED) is 0.180. The van der Waals surface area contributed by atoms with Crippen LogP contribution in [0.15, 0.2) is 97.1 Å². The number of rotatable bonds is 4. The molecule has 2 aromatic carbocycles. The zero-order chi connectivity index (χ0) is 26.3. The smallest absolute Gasteiger partial charge is 0.358 e. The number of hydrogen-bond donors (Lipinski definition) is 2. The van der Waals surface area contributed by atoms with E-state index in [2.05, 4.69) is 9.97 Å². The van der Waals surface area contributed by atoms with Crippen molar-refractivity contribution in [3.63, 3.8) is 0 Å². The molecule has 4 aromatic rings. The minimum atomic E-state index is -0.373. The molecule has 0 spiro atoms. The average Bonchev–Trinajstić information content (AvgIpc) is 2.88. The van der Waals surface area contributed by atoms with Crippen LogP contribution in [0.5, 0.6) is 0 Å². The van der Waals surface area contributed by atoms with Gasteiger partial charge >= 0.3 is 26.2 Å². The Hall–Kier alpha value is -2.86. The second-order valence-corrected chi connectivity index (χ2v) is 10.5. The zero-order valence-corrected chi connectivity index (χ0v) is 26.9. The van der Waals surface area contributed by atoms with Crippen molar-refractivity contribution in [3.8, 4) is 22.5 Å². The molecule has 39 heavy (non-hydrogen) atoms. The summed E-state index contributed by atoms with van der Waals surface area (Å²) in [6.07, 6.45) is 0. The Balaban J connectivity index is 0.000000688. The van der Waals surface area contributed by atoms with Gasteiger partial charge < -0.3 is 14.9 Å². The fourth-order valence-corrected chi connectivity index (χ4v) is 3.31. The fraction of sp³-hybridized carbons (Fsp3) is 0.250. The molecular formula is C32H42N4O2Zr+2. The molecule has 0 amide bonds. The summed E-state index contributed by atoms with van der Waals surface area (Å²) < 4.78 is 0. The number of hydroxylamine groups is 2. The third-order valence-electron chi connectivity index (χ3n) is 5.31. The van der Waals surface area contributed by atoms with Gasteiger partial charge in [0.25, 0.3) is 0 Å². The van der Waals surface area contributed by atoms with E-state index in [-0.39, 0.29) is 52.1 Å². The Bertz CT molecular complexity index is 1140. The van der Waals surface area contributed by atoms with E-state index < -0.39 is 0 Å². The Morgan fingerprint density at radius 1 is 0.487 bits per heavy atom. The largest absolute Gasteiger partial charge is 4.00 e. The zero-order valence-electron chi connectivity index (χ0n) is 24.4. The summed E-state index contributed by atoms with van der Waals surface area (Å²) in [4.78, 5) is 8.97. The number of anilines is 2. The van der Waals surface area contributed by atoms with Crippen LogP contribution in [-0.2, 0) is 26.2 Å². The summed E-state index contributed by atoms with van der Waals surface area (Å²) in [5.74, 6) is 1.12. The summed E-state index contributed by atoms with van der Waals surface area (Å²) in [6, 6.07) is 31.2. The van der Waals surface area contributed by atoms with Crippen LogP contribution >= 0.6 is 0 Å². The van der Waals surface area contributed by atoms with Crippen LogP contribution in [0, 0.1) is 14.9 Å². The van der Waals surface area contributed by atoms with E-state index in [4.69, 9.17) is 0 Å². The topological polar surface area (TPSA) is 72.7 Å². The van der Waals surface area contributed by atoms with Crippen LogP contribution in [-0.4, -0.2) is 31.5 Å². The van der Waals surface area contributed by atoms with Crippen molar-refractivity contribution >= 4 is 11.6 Å². The molecule has 0 aliphatic rings. The SMILES string of the molecule is CC(C)(C)N(O)c1cccc(-c2ccccc2)n1.CC(C)(C)N(O)c1cccc(-c2ccccc2)n1.[CH3-].[CH3-].[Zr+4]. The Kier molecular flexibility index (Phi) is 14.5. The van der Waals surface area contributed by atoms with Gasteiger partial charge in [-0.05, 0) is 65.8 Å². The molecule has 0 bridgehead atoms. The summed E-state index contributed by atoms with van der Waals surface area (Å²) >= 11 is 0. The van der Waals surface area contributed by atoms with E-state index in [0.29, 0.717) is 11.6 Å². The molecule has 4 rings (SSSR count). The third-order valence-corrected chi connectivity index (χ3v) is 5.31. The van der Waals surface area contributed by atoms with Crippen LogP contribution in [0.1, 0.15) is 41.5 Å². The van der Waals surface area contributed by atoms with Crippen molar-refractivity contribution in [1.82, 2.24) is 9.97 Å². The first-order valence-corrected chi connectivity index (χ1v) is 12.0. The maximum absolute atomic E-state index is 10.1. The summed E-state index contributed by atoms with van der Waals surface area (Å²) in [6.45, 7) is 11.6. The number of aromatic nitrogens is 2. The molecule has 0 radical (unpaired) electrons. The first kappa shape index (κ1) is 36.1. The summed E-state index contributed by atoms with van der Waals surface area (Å²) in [5, 5.41) is 22.6. The third kappa shape index (κ3) is 10.3. The van der Waals surface area contributed by atoms with Crippen molar-refractivity contribution < 1.29 is 36.6 Å². The molecule has 2 N–H and O–H groups in total. The monoisotopic (exact) mass is 604 g/mol. The van der Waals surface area contributed by atoms with Crippen LogP contribution in [0.2, 0.25) is 0 Å². The fourth-order valence-electron chi connectivity index (χ4n) is 3.31. The van der Waals surface area contributed by atoms with Gasteiger partial charge in [0.15, 0.2) is 11.6 Å². The Morgan fingerprint density at radius 3 is 1.08 bits per heavy atom. The number of pyridine rings is 2. The molecule has 6 nitrogen and oxygen atoms in total. The van der Waals surface area contributed by atoms with Crippen molar-refractivity contribution in [2.24, 2.45) is 0 Å². The predicted octanol–water partition coefficient (Wildman–Crippen LogP) is 8.38. The van der Waals surface area contributed by atoms with Crippen molar-refractivity contribution in [3.05, 3.63) is 112 Å². The minimum Gasteiger partial charge on any atom is -0.358 e. The van der Waals surface area contributed by atoms with E-state index in [9.17, 15) is 10.4 Å². The second-order valence-electron chi connectivity index (χ2n) is 10.5. The van der Waals surface area contributed by atoms with Gasteiger partial charge in [0.1, 0.15) is 0 Å². The molecule has 204 valence electrons. The predicted molar refractivity (Wildman–Crippen MR) is 160 cm³/mol. The van der Waals surface area contributed by atoms with Gasteiger partial charge in [-0.3, -0.25) is 10.4 Å². The molecule has 7 heteroatoms. The number of nitrogens with zero attached hydrogens (tertiary/aromatic N) is 4. The molecule has 0 saturated carbocycles. The maximum Gasteiger partial charge on any atom is 4.00 e. The van der Waals surface area contributed by atoms with E-state index in [1.165, 1.54) is 10.1 Å². The number of benzene rings is 2. The van der Waals surface area contributed by atoms with Gasteiger partial charge in [-0.15, -0.1) is 0 Å². The van der Waals surface area contributed by atoms with E-state index >= 15 is 0 Å². The molecule has 0 unspecified atom stereocenters. The summed E-state index contributed by atoms with van der Waals surface area (Å²) in [5.41, 5.74) is 3.06. The van der Waals surface area contributed by atoms with Gasteiger partial charge in [0, 0.05) is 11.1 Å². The van der Waals surface area contributed by atoms with Gasteiger partial charge in [-0.2, -0.15) is 0 Å². The van der Waals surface area contributed by atoms with Gasteiger partial charge in [0.05, 0.1) is 22.5 Å². The second kappa shape index (κ2) is 15.7. The Labute approximate surface area is 254 Å². The molecular weight excluding hydrogens is 564 g/mol. The maximum atomic E-state index is 10.1. The Morgan fingerprint density at radius 2 is 0.795 bits per heavy atom. The first-order valence-electron chi connectivity index (χ1n) is 12.0. The molecule has 0 atom stereocenters. The van der Waals surface area contributed by atoms with Gasteiger partial charge in [0.2, 0.25) is 0 Å². The molecule has 0 fully saturated rings. The van der Waals surface area contributed by atoms with Crippen molar-refractivity contribution in [2.75, 3.05) is 10.1 Å². The van der Waals surface area contributed by atoms with Crippen molar-refractivity contribution in [2.45, 2.75) is 52.6 Å². The van der Waals surface area contributed by atoms with Crippen LogP contribution in [0.25, 0.3) is 22.5 Å². The van der Waals surface area contributed by atoms with Gasteiger partial charge in [-0.25, -0.2) is 20.1 Å². The van der Waals surface area contributed by atoms with Crippen LogP contribution in [0.3, 0.4) is 0 Å². The molecule has 0 aliphatic carbocycles. The molecule has 0 saturated heterocycles. The van der Waals surface area contributed by atoms with Crippen LogP contribution < -0.4 is 10.1 Å². The first-order chi connectivity index (χ1) is 17.0. The average molecular weight is 606 g/mol. The number of hydrogen-bond acceptors (Lipinski definition) is 6. The standard InChI is InChI=1S/2C15H18N2O.2CH3.Zr/c2*1-15(2,3)17(18)14-11-7-10-13(16-14)12-8-5-4-6-9-12;;;/h2*4-11,18H,1-3H3;2*1H3;/q;;2*-1;+4. The van der Waals surface area contributed by atoms with E-state index in [0.717, 1.165) is 22.5 Å². The van der Waals surface area contributed by atoms with Gasteiger partial charge in [-0.1, -0.05) is 72.8 Å².